The molecular weight excluding hydrogens is 258 g/mol. The summed E-state index contributed by atoms with van der Waals surface area (Å²) in [6.45, 7) is 0. The van der Waals surface area contributed by atoms with Gasteiger partial charge in [0.1, 0.15) is 0 Å². The Morgan fingerprint density at radius 2 is 2.50 bits per heavy atom. The van der Waals surface area contributed by atoms with E-state index in [1.54, 1.807) is 18.4 Å². The second-order valence-electron chi connectivity index (χ2n) is 2.20. The van der Waals surface area contributed by atoms with Gasteiger partial charge in [-0.1, -0.05) is 12.2 Å². The van der Waals surface area contributed by atoms with Gasteiger partial charge in [-0.05, 0) is 22.0 Å². The fourth-order valence-corrected chi connectivity index (χ4v) is 2.76. The van der Waals surface area contributed by atoms with Gasteiger partial charge in [0.2, 0.25) is 0 Å². The van der Waals surface area contributed by atoms with Crippen LogP contribution >= 0.6 is 39.5 Å². The molecule has 66 valence electrons. The van der Waals surface area contributed by atoms with Crippen molar-refractivity contribution in [3.05, 3.63) is 15.4 Å². The summed E-state index contributed by atoms with van der Waals surface area (Å²) in [5.41, 5.74) is 5.41. The second-order valence-corrected chi connectivity index (χ2v) is 4.67. The van der Waals surface area contributed by atoms with Crippen LogP contribution in [0.5, 0.6) is 5.06 Å². The van der Waals surface area contributed by atoms with E-state index in [0.29, 0.717) is 11.4 Å². The van der Waals surface area contributed by atoms with Gasteiger partial charge in [0, 0.05) is 11.3 Å². The Hall–Kier alpha value is -0.130. The van der Waals surface area contributed by atoms with Crippen LogP contribution in [0.1, 0.15) is 4.88 Å². The summed E-state index contributed by atoms with van der Waals surface area (Å²) in [6.07, 6.45) is 0.641. The van der Waals surface area contributed by atoms with E-state index in [4.69, 9.17) is 22.7 Å². The molecule has 0 radical (unpaired) electrons. The Morgan fingerprint density at radius 1 is 1.83 bits per heavy atom. The third-order valence-corrected chi connectivity index (χ3v) is 3.33. The first-order valence-corrected chi connectivity index (χ1v) is 5.25. The number of methoxy groups -OCH3 is 1. The average molecular weight is 266 g/mol. The minimum Gasteiger partial charge on any atom is -0.486 e. The Morgan fingerprint density at radius 3 is 2.92 bits per heavy atom. The monoisotopic (exact) mass is 265 g/mol. The van der Waals surface area contributed by atoms with Gasteiger partial charge in [-0.15, -0.1) is 11.3 Å². The van der Waals surface area contributed by atoms with Crippen molar-refractivity contribution in [3.63, 3.8) is 0 Å². The molecule has 1 heterocycles. The topological polar surface area (TPSA) is 35.2 Å². The molecule has 0 aliphatic rings. The molecule has 0 bridgehead atoms. The zero-order chi connectivity index (χ0) is 9.14. The molecule has 0 aliphatic heterocycles. The van der Waals surface area contributed by atoms with Crippen LogP contribution < -0.4 is 10.5 Å². The average Bonchev–Trinajstić information content (AvgIpc) is 2.29. The highest BCUT2D eigenvalue weighted by molar-refractivity contribution is 9.10. The highest BCUT2D eigenvalue weighted by Crippen LogP contribution is 2.34. The number of rotatable bonds is 3. The van der Waals surface area contributed by atoms with Crippen LogP contribution in [0, 0.1) is 0 Å². The lowest BCUT2D eigenvalue weighted by molar-refractivity contribution is 0.425. The van der Waals surface area contributed by atoms with Crippen LogP contribution in [0.3, 0.4) is 0 Å². The Balaban J connectivity index is 2.82. The van der Waals surface area contributed by atoms with Crippen molar-refractivity contribution in [3.8, 4) is 5.06 Å². The zero-order valence-electron chi connectivity index (χ0n) is 6.46. The molecular formula is C7H8BrNOS2. The first-order chi connectivity index (χ1) is 5.63. The summed E-state index contributed by atoms with van der Waals surface area (Å²) in [4.78, 5) is 1.62. The number of ether oxygens (including phenoxy) is 1. The smallest absolute Gasteiger partial charge is 0.188 e. The quantitative estimate of drug-likeness (QED) is 0.853. The van der Waals surface area contributed by atoms with E-state index in [9.17, 15) is 0 Å². The van der Waals surface area contributed by atoms with Gasteiger partial charge in [0.25, 0.3) is 0 Å². The molecule has 0 saturated heterocycles. The largest absolute Gasteiger partial charge is 0.486 e. The van der Waals surface area contributed by atoms with Crippen molar-refractivity contribution < 1.29 is 4.74 Å². The van der Waals surface area contributed by atoms with Crippen LogP contribution in [0.15, 0.2) is 10.5 Å². The summed E-state index contributed by atoms with van der Waals surface area (Å²) >= 11 is 9.71. The normalized spacial score (nSPS) is 9.83. The molecule has 0 aromatic carbocycles. The van der Waals surface area contributed by atoms with Gasteiger partial charge in [0.15, 0.2) is 5.06 Å². The van der Waals surface area contributed by atoms with Gasteiger partial charge in [-0.3, -0.25) is 0 Å². The van der Waals surface area contributed by atoms with Gasteiger partial charge in [-0.25, -0.2) is 0 Å². The number of thiophene rings is 1. The molecule has 0 amide bonds. The van der Waals surface area contributed by atoms with Gasteiger partial charge in [0.05, 0.1) is 16.6 Å². The molecule has 1 aromatic heterocycles. The van der Waals surface area contributed by atoms with Gasteiger partial charge >= 0.3 is 0 Å². The molecule has 12 heavy (non-hydrogen) atoms. The highest BCUT2D eigenvalue weighted by Gasteiger charge is 2.06. The van der Waals surface area contributed by atoms with Crippen molar-refractivity contribution in [1.82, 2.24) is 0 Å². The lowest BCUT2D eigenvalue weighted by Gasteiger charge is -1.92. The number of hydrogen-bond acceptors (Lipinski definition) is 3. The van der Waals surface area contributed by atoms with Crippen molar-refractivity contribution in [1.29, 1.82) is 0 Å². The molecule has 0 spiro atoms. The lowest BCUT2D eigenvalue weighted by atomic mass is 10.3. The summed E-state index contributed by atoms with van der Waals surface area (Å²) in [5.74, 6) is 0. The molecule has 0 fully saturated rings. The second kappa shape index (κ2) is 4.20. The summed E-state index contributed by atoms with van der Waals surface area (Å²) < 4.78 is 6.05. The van der Waals surface area contributed by atoms with E-state index in [1.807, 2.05) is 6.07 Å². The molecule has 2 N–H and O–H groups in total. The van der Waals surface area contributed by atoms with E-state index < -0.39 is 0 Å². The van der Waals surface area contributed by atoms with E-state index in [1.165, 1.54) is 0 Å². The maximum atomic E-state index is 5.41. The van der Waals surface area contributed by atoms with Crippen LogP contribution in [0.2, 0.25) is 0 Å². The highest BCUT2D eigenvalue weighted by atomic mass is 79.9. The molecule has 0 saturated carbocycles. The third-order valence-electron chi connectivity index (χ3n) is 1.24. The van der Waals surface area contributed by atoms with Crippen LogP contribution in [0.25, 0.3) is 0 Å². The lowest BCUT2D eigenvalue weighted by Crippen LogP contribution is -2.09. The molecule has 2 nitrogen and oxygen atoms in total. The standard InChI is InChI=1S/C7H8BrNOS2/c1-10-7-5(8)2-4(12-7)3-6(9)11/h2H,3H2,1H3,(H2,9,11). The number of halogens is 1. The minimum absolute atomic E-state index is 0.506. The van der Waals surface area contributed by atoms with Gasteiger partial charge < -0.3 is 10.5 Å². The summed E-state index contributed by atoms with van der Waals surface area (Å²) in [6, 6.07) is 1.97. The zero-order valence-corrected chi connectivity index (χ0v) is 9.68. The van der Waals surface area contributed by atoms with Crippen LogP contribution in [-0.2, 0) is 6.42 Å². The van der Waals surface area contributed by atoms with Crippen molar-refractivity contribution in [2.24, 2.45) is 5.73 Å². The van der Waals surface area contributed by atoms with Crippen molar-refractivity contribution >= 4 is 44.5 Å². The number of hydrogen-bond donors (Lipinski definition) is 1. The third kappa shape index (κ3) is 2.43. The molecule has 0 unspecified atom stereocenters. The predicted octanol–water partition coefficient (Wildman–Crippen LogP) is 2.35. The first kappa shape index (κ1) is 9.95. The van der Waals surface area contributed by atoms with Crippen LogP contribution in [-0.4, -0.2) is 12.1 Å². The van der Waals surface area contributed by atoms with E-state index >= 15 is 0 Å². The first-order valence-electron chi connectivity index (χ1n) is 3.24. The summed E-state index contributed by atoms with van der Waals surface area (Å²) in [7, 11) is 1.64. The van der Waals surface area contributed by atoms with Crippen molar-refractivity contribution in [2.75, 3.05) is 7.11 Å². The maximum absolute atomic E-state index is 5.41. The predicted molar refractivity (Wildman–Crippen MR) is 59.1 cm³/mol. The fourth-order valence-electron chi connectivity index (χ4n) is 0.796. The SMILES string of the molecule is COc1sc(CC(N)=S)cc1Br. The van der Waals surface area contributed by atoms with Gasteiger partial charge in [-0.2, -0.15) is 0 Å². The molecule has 1 aromatic rings. The van der Waals surface area contributed by atoms with E-state index in [2.05, 4.69) is 15.9 Å². The minimum atomic E-state index is 0.506. The van der Waals surface area contributed by atoms with Crippen molar-refractivity contribution in [2.45, 2.75) is 6.42 Å². The van der Waals surface area contributed by atoms with E-state index in [-0.39, 0.29) is 0 Å². The Bertz CT molecular complexity index is 298. The molecule has 0 aliphatic carbocycles. The maximum Gasteiger partial charge on any atom is 0.188 e. The van der Waals surface area contributed by atoms with E-state index in [0.717, 1.165) is 14.4 Å². The number of thiocarbonyl (C=S) groups is 1. The molecule has 0 atom stereocenters. The Labute approximate surface area is 88.8 Å². The molecule has 5 heteroatoms. The van der Waals surface area contributed by atoms with Crippen LogP contribution in [0.4, 0.5) is 0 Å². The number of nitrogens with two attached hydrogens (primary N) is 1. The Kier molecular flexibility index (Phi) is 3.49. The molecule has 1 rings (SSSR count). The fraction of sp³-hybridized carbons (Fsp3) is 0.286. The summed E-state index contributed by atoms with van der Waals surface area (Å²) in [5, 5.41) is 0.862.